The van der Waals surface area contributed by atoms with E-state index in [4.69, 9.17) is 0 Å². The van der Waals surface area contributed by atoms with Gasteiger partial charge in [-0.2, -0.15) is 0 Å². The van der Waals surface area contributed by atoms with Gasteiger partial charge in [-0.25, -0.2) is 0 Å². The van der Waals surface area contributed by atoms with Gasteiger partial charge in [-0.3, -0.25) is 0 Å². The summed E-state index contributed by atoms with van der Waals surface area (Å²) in [5, 5.41) is 0. The molecule has 0 saturated carbocycles. The first kappa shape index (κ1) is 10.8. The lowest BCUT2D eigenvalue weighted by molar-refractivity contribution is 1.11. The van der Waals surface area contributed by atoms with Gasteiger partial charge in [0.05, 0.1) is 0 Å². The monoisotopic (exact) mass is 233 g/mol. The van der Waals surface area contributed by atoms with Crippen LogP contribution in [0.5, 0.6) is 0 Å². The normalized spacial score (nSPS) is 10.4. The average Bonchev–Trinajstić information content (AvgIpc) is 2.89. The van der Waals surface area contributed by atoms with E-state index in [-0.39, 0.29) is 0 Å². The van der Waals surface area contributed by atoms with Gasteiger partial charge >= 0.3 is 0 Å². The van der Waals surface area contributed by atoms with Crippen LogP contribution in [0.1, 0.15) is 11.3 Å². The van der Waals surface area contributed by atoms with E-state index in [0.717, 1.165) is 6.42 Å². The van der Waals surface area contributed by atoms with Crippen molar-refractivity contribution in [2.24, 2.45) is 0 Å². The van der Waals surface area contributed by atoms with Crippen molar-refractivity contribution in [2.45, 2.75) is 6.42 Å². The lowest BCUT2D eigenvalue weighted by atomic mass is 10.1. The summed E-state index contributed by atoms with van der Waals surface area (Å²) in [5.74, 6) is 0. The van der Waals surface area contributed by atoms with Crippen molar-refractivity contribution in [3.05, 3.63) is 84.2 Å². The highest BCUT2D eigenvalue weighted by Crippen LogP contribution is 2.20. The molecule has 1 N–H and O–H groups in total. The zero-order chi connectivity index (χ0) is 12.2. The molecule has 0 aliphatic heterocycles. The molecule has 18 heavy (non-hydrogen) atoms. The summed E-state index contributed by atoms with van der Waals surface area (Å²) in [6.07, 6.45) is 3.03. The van der Waals surface area contributed by atoms with Crippen molar-refractivity contribution >= 4 is 0 Å². The number of aromatic nitrogens is 1. The van der Waals surface area contributed by atoms with E-state index in [0.29, 0.717) is 0 Å². The van der Waals surface area contributed by atoms with Gasteiger partial charge in [0.15, 0.2) is 0 Å². The molecule has 1 nitrogen and oxygen atoms in total. The Balaban J connectivity index is 1.82. The van der Waals surface area contributed by atoms with Crippen LogP contribution >= 0.6 is 0 Å². The fourth-order valence-corrected chi connectivity index (χ4v) is 2.16. The average molecular weight is 233 g/mol. The van der Waals surface area contributed by atoms with E-state index >= 15 is 0 Å². The van der Waals surface area contributed by atoms with Crippen LogP contribution in [0.4, 0.5) is 0 Å². The molecular weight excluding hydrogens is 218 g/mol. The minimum absolute atomic E-state index is 0.952. The molecule has 88 valence electrons. The topological polar surface area (TPSA) is 15.8 Å². The smallest absolute Gasteiger partial charge is 0.0198 e. The lowest BCUT2D eigenvalue weighted by Crippen LogP contribution is -1.86. The molecule has 0 bridgehead atoms. The molecule has 0 unspecified atom stereocenters. The molecule has 1 heteroatoms. The highest BCUT2D eigenvalue weighted by molar-refractivity contribution is 5.63. The van der Waals surface area contributed by atoms with Crippen molar-refractivity contribution in [3.8, 4) is 11.1 Å². The number of rotatable bonds is 3. The summed E-state index contributed by atoms with van der Waals surface area (Å²) < 4.78 is 0. The predicted octanol–water partition coefficient (Wildman–Crippen LogP) is 4.27. The van der Waals surface area contributed by atoms with Gasteiger partial charge in [0.25, 0.3) is 0 Å². The molecule has 0 atom stereocenters. The summed E-state index contributed by atoms with van der Waals surface area (Å²) >= 11 is 0. The van der Waals surface area contributed by atoms with Crippen LogP contribution in [0.25, 0.3) is 11.1 Å². The lowest BCUT2D eigenvalue weighted by Gasteiger charge is -1.98. The van der Waals surface area contributed by atoms with Crippen LogP contribution in [0.2, 0.25) is 0 Å². The molecule has 0 saturated heterocycles. The first-order chi connectivity index (χ1) is 8.92. The molecule has 0 aliphatic carbocycles. The Morgan fingerprint density at radius 3 is 2.11 bits per heavy atom. The summed E-state index contributed by atoms with van der Waals surface area (Å²) in [5.41, 5.74) is 5.09. The third kappa shape index (κ3) is 2.35. The SMILES string of the molecule is c1ccc(Cc2cc(-c3ccccc3)c[nH]2)cc1. The number of benzene rings is 2. The predicted molar refractivity (Wildman–Crippen MR) is 75.5 cm³/mol. The Bertz CT molecular complexity index is 608. The van der Waals surface area contributed by atoms with E-state index in [1.807, 2.05) is 12.1 Å². The Morgan fingerprint density at radius 2 is 1.39 bits per heavy atom. The van der Waals surface area contributed by atoms with Crippen LogP contribution in [0, 0.1) is 0 Å². The summed E-state index contributed by atoms with van der Waals surface area (Å²) in [4.78, 5) is 3.35. The molecule has 0 aliphatic rings. The molecule has 0 amide bonds. The van der Waals surface area contributed by atoms with Gasteiger partial charge in [-0.15, -0.1) is 0 Å². The molecule has 0 radical (unpaired) electrons. The second-order valence-corrected chi connectivity index (χ2v) is 4.44. The number of nitrogens with one attached hydrogen (secondary N) is 1. The molecule has 0 fully saturated rings. The second kappa shape index (κ2) is 4.92. The van der Waals surface area contributed by atoms with Gasteiger partial charge in [0.2, 0.25) is 0 Å². The molecule has 1 aromatic heterocycles. The van der Waals surface area contributed by atoms with Crippen molar-refractivity contribution in [1.82, 2.24) is 4.98 Å². The third-order valence-corrected chi connectivity index (χ3v) is 3.09. The summed E-state index contributed by atoms with van der Waals surface area (Å²) in [6.45, 7) is 0. The zero-order valence-corrected chi connectivity index (χ0v) is 10.1. The van der Waals surface area contributed by atoms with Gasteiger partial charge in [-0.05, 0) is 22.8 Å². The minimum atomic E-state index is 0.952. The highest BCUT2D eigenvalue weighted by Gasteiger charge is 2.02. The van der Waals surface area contributed by atoms with Crippen LogP contribution in [0.3, 0.4) is 0 Å². The van der Waals surface area contributed by atoms with E-state index < -0.39 is 0 Å². The zero-order valence-electron chi connectivity index (χ0n) is 10.1. The molecule has 2 aromatic carbocycles. The van der Waals surface area contributed by atoms with Crippen LogP contribution in [0.15, 0.2) is 72.9 Å². The first-order valence-corrected chi connectivity index (χ1v) is 6.18. The molecule has 3 aromatic rings. The fourth-order valence-electron chi connectivity index (χ4n) is 2.16. The fraction of sp³-hybridized carbons (Fsp3) is 0.0588. The van der Waals surface area contributed by atoms with Crippen molar-refractivity contribution < 1.29 is 0 Å². The quantitative estimate of drug-likeness (QED) is 0.695. The van der Waals surface area contributed by atoms with Crippen LogP contribution in [-0.4, -0.2) is 4.98 Å². The van der Waals surface area contributed by atoms with E-state index in [1.54, 1.807) is 0 Å². The second-order valence-electron chi connectivity index (χ2n) is 4.44. The minimum Gasteiger partial charge on any atom is -0.364 e. The highest BCUT2D eigenvalue weighted by atomic mass is 14.7. The standard InChI is InChI=1S/C17H15N/c1-3-7-14(8-4-1)11-17-12-16(13-18-17)15-9-5-2-6-10-15/h1-10,12-13,18H,11H2. The number of hydrogen-bond donors (Lipinski definition) is 1. The number of H-pyrrole nitrogens is 1. The molecule has 1 heterocycles. The van der Waals surface area contributed by atoms with Crippen LogP contribution < -0.4 is 0 Å². The third-order valence-electron chi connectivity index (χ3n) is 3.09. The maximum Gasteiger partial charge on any atom is 0.0198 e. The van der Waals surface area contributed by atoms with Crippen molar-refractivity contribution in [3.63, 3.8) is 0 Å². The Morgan fingerprint density at radius 1 is 0.722 bits per heavy atom. The van der Waals surface area contributed by atoms with E-state index in [1.165, 1.54) is 22.4 Å². The summed E-state index contributed by atoms with van der Waals surface area (Å²) in [6, 6.07) is 23.2. The first-order valence-electron chi connectivity index (χ1n) is 6.18. The van der Waals surface area contributed by atoms with Crippen molar-refractivity contribution in [1.29, 1.82) is 0 Å². The van der Waals surface area contributed by atoms with Gasteiger partial charge < -0.3 is 4.98 Å². The molecule has 3 rings (SSSR count). The summed E-state index contributed by atoms with van der Waals surface area (Å²) in [7, 11) is 0. The van der Waals surface area contributed by atoms with E-state index in [9.17, 15) is 0 Å². The Kier molecular flexibility index (Phi) is 2.97. The molecule has 0 spiro atoms. The Labute approximate surface area is 107 Å². The van der Waals surface area contributed by atoms with E-state index in [2.05, 4.69) is 65.8 Å². The van der Waals surface area contributed by atoms with Gasteiger partial charge in [0, 0.05) is 18.3 Å². The Hall–Kier alpha value is -2.28. The largest absolute Gasteiger partial charge is 0.364 e. The van der Waals surface area contributed by atoms with Gasteiger partial charge in [-0.1, -0.05) is 60.7 Å². The van der Waals surface area contributed by atoms with Crippen LogP contribution in [-0.2, 0) is 6.42 Å². The number of aromatic amines is 1. The van der Waals surface area contributed by atoms with Gasteiger partial charge in [0.1, 0.15) is 0 Å². The molecular formula is C17H15N. The maximum absolute atomic E-state index is 3.35. The maximum atomic E-state index is 3.35. The number of hydrogen-bond acceptors (Lipinski definition) is 0. The van der Waals surface area contributed by atoms with Crippen molar-refractivity contribution in [2.75, 3.05) is 0 Å².